The summed E-state index contributed by atoms with van der Waals surface area (Å²) in [5.74, 6) is 1.20. The van der Waals surface area contributed by atoms with Gasteiger partial charge in [0.1, 0.15) is 12.0 Å². The fraction of sp³-hybridized carbons (Fsp3) is 0.588. The lowest BCUT2D eigenvalue weighted by atomic mass is 9.80. The number of anilines is 1. The Bertz CT molecular complexity index is 500. The van der Waals surface area contributed by atoms with Gasteiger partial charge in [-0.25, -0.2) is 0 Å². The molecule has 0 spiro atoms. The summed E-state index contributed by atoms with van der Waals surface area (Å²) in [5.41, 5.74) is 2.15. The van der Waals surface area contributed by atoms with Crippen molar-refractivity contribution in [3.63, 3.8) is 0 Å². The predicted molar refractivity (Wildman–Crippen MR) is 79.7 cm³/mol. The highest BCUT2D eigenvalue weighted by atomic mass is 16.5. The second kappa shape index (κ2) is 5.47. The van der Waals surface area contributed by atoms with E-state index in [9.17, 15) is 4.79 Å². The van der Waals surface area contributed by atoms with Crippen molar-refractivity contribution in [2.45, 2.75) is 45.1 Å². The molecule has 1 aliphatic carbocycles. The van der Waals surface area contributed by atoms with Gasteiger partial charge in [0.05, 0.1) is 0 Å². The first-order valence-electron chi connectivity index (χ1n) is 7.68. The van der Waals surface area contributed by atoms with E-state index in [2.05, 4.69) is 19.2 Å². The number of carbonyl (C=O) groups excluding carboxylic acids is 1. The molecular weight excluding hydrogens is 250 g/mol. The van der Waals surface area contributed by atoms with E-state index in [1.54, 1.807) is 0 Å². The first-order chi connectivity index (χ1) is 9.65. The Balaban J connectivity index is 1.63. The molecule has 1 N–H and O–H groups in total. The average Bonchev–Trinajstić information content (AvgIpc) is 2.87. The smallest absolute Gasteiger partial charge is 0.315 e. The molecule has 108 valence electrons. The summed E-state index contributed by atoms with van der Waals surface area (Å²) in [5, 5.41) is 3.28. The largest absolute Gasteiger partial charge is 0.462 e. The van der Waals surface area contributed by atoms with Crippen molar-refractivity contribution in [1.29, 1.82) is 0 Å². The van der Waals surface area contributed by atoms with Crippen LogP contribution in [0.2, 0.25) is 0 Å². The van der Waals surface area contributed by atoms with Crippen molar-refractivity contribution >= 4 is 11.7 Å². The molecule has 0 amide bonds. The lowest BCUT2D eigenvalue weighted by Gasteiger charge is -2.32. The van der Waals surface area contributed by atoms with E-state index in [0.29, 0.717) is 12.5 Å². The van der Waals surface area contributed by atoms with Crippen LogP contribution in [0.5, 0.6) is 0 Å². The Labute approximate surface area is 120 Å². The third-order valence-corrected chi connectivity index (χ3v) is 4.95. The molecule has 20 heavy (non-hydrogen) atoms. The number of rotatable bonds is 2. The predicted octanol–water partition coefficient (Wildman–Crippen LogP) is 3.56. The molecule has 1 aromatic rings. The van der Waals surface area contributed by atoms with E-state index in [0.717, 1.165) is 30.0 Å². The number of ether oxygens (including phenoxy) is 1. The third-order valence-electron chi connectivity index (χ3n) is 4.95. The number of para-hydroxylation sites is 1. The van der Waals surface area contributed by atoms with Gasteiger partial charge in [0, 0.05) is 12.2 Å². The van der Waals surface area contributed by atoms with Crippen LogP contribution >= 0.6 is 0 Å². The summed E-state index contributed by atoms with van der Waals surface area (Å²) in [6.45, 7) is 5.22. The fourth-order valence-electron chi connectivity index (χ4n) is 3.35. The van der Waals surface area contributed by atoms with Crippen molar-refractivity contribution in [2.75, 3.05) is 11.9 Å². The molecule has 3 nitrogen and oxygen atoms in total. The van der Waals surface area contributed by atoms with Gasteiger partial charge in [-0.2, -0.15) is 0 Å². The highest BCUT2D eigenvalue weighted by molar-refractivity contribution is 5.84. The van der Waals surface area contributed by atoms with E-state index in [4.69, 9.17) is 4.74 Å². The SMILES string of the molecule is CC1CCC(OC(=O)C2CNc3ccccc32)CC1C. The summed E-state index contributed by atoms with van der Waals surface area (Å²) in [6.07, 6.45) is 3.30. The van der Waals surface area contributed by atoms with Gasteiger partial charge in [0.2, 0.25) is 0 Å². The van der Waals surface area contributed by atoms with Crippen LogP contribution in [0.3, 0.4) is 0 Å². The minimum absolute atomic E-state index is 0.0609. The molecule has 1 saturated carbocycles. The van der Waals surface area contributed by atoms with Gasteiger partial charge >= 0.3 is 5.97 Å². The quantitative estimate of drug-likeness (QED) is 0.837. The first kappa shape index (κ1) is 13.5. The molecule has 4 atom stereocenters. The van der Waals surface area contributed by atoms with Crippen LogP contribution in [0.1, 0.15) is 44.6 Å². The zero-order chi connectivity index (χ0) is 14.1. The molecule has 1 fully saturated rings. The molecule has 4 unspecified atom stereocenters. The van der Waals surface area contributed by atoms with Crippen molar-refractivity contribution in [3.05, 3.63) is 29.8 Å². The van der Waals surface area contributed by atoms with Crippen molar-refractivity contribution in [3.8, 4) is 0 Å². The summed E-state index contributed by atoms with van der Waals surface area (Å²) in [4.78, 5) is 12.4. The van der Waals surface area contributed by atoms with Gasteiger partial charge in [0.15, 0.2) is 0 Å². The topological polar surface area (TPSA) is 38.3 Å². The Morgan fingerprint density at radius 2 is 2.00 bits per heavy atom. The number of hydrogen-bond acceptors (Lipinski definition) is 3. The molecule has 3 rings (SSSR count). The van der Waals surface area contributed by atoms with Crippen molar-refractivity contribution in [1.82, 2.24) is 0 Å². The lowest BCUT2D eigenvalue weighted by Crippen LogP contribution is -2.31. The van der Waals surface area contributed by atoms with Crippen LogP contribution in [-0.2, 0) is 9.53 Å². The number of hydrogen-bond donors (Lipinski definition) is 1. The molecule has 1 aliphatic heterocycles. The van der Waals surface area contributed by atoms with Gasteiger partial charge in [-0.3, -0.25) is 4.79 Å². The van der Waals surface area contributed by atoms with E-state index in [-0.39, 0.29) is 18.0 Å². The van der Waals surface area contributed by atoms with Crippen LogP contribution in [-0.4, -0.2) is 18.6 Å². The summed E-state index contributed by atoms with van der Waals surface area (Å²) in [6, 6.07) is 8.01. The van der Waals surface area contributed by atoms with Crippen LogP contribution in [0.15, 0.2) is 24.3 Å². The number of carbonyl (C=O) groups is 1. The lowest BCUT2D eigenvalue weighted by molar-refractivity contribution is -0.153. The fourth-order valence-corrected chi connectivity index (χ4v) is 3.35. The Hall–Kier alpha value is -1.51. The van der Waals surface area contributed by atoms with Gasteiger partial charge in [0.25, 0.3) is 0 Å². The molecule has 1 aromatic carbocycles. The Kier molecular flexibility index (Phi) is 3.68. The van der Waals surface area contributed by atoms with Gasteiger partial charge < -0.3 is 10.1 Å². The van der Waals surface area contributed by atoms with Crippen LogP contribution in [0, 0.1) is 11.8 Å². The Morgan fingerprint density at radius 3 is 2.80 bits per heavy atom. The second-order valence-corrected chi connectivity index (χ2v) is 6.35. The molecule has 2 aliphatic rings. The molecule has 0 bridgehead atoms. The average molecular weight is 273 g/mol. The molecule has 1 heterocycles. The van der Waals surface area contributed by atoms with E-state index >= 15 is 0 Å². The summed E-state index contributed by atoms with van der Waals surface area (Å²) in [7, 11) is 0. The zero-order valence-electron chi connectivity index (χ0n) is 12.3. The summed E-state index contributed by atoms with van der Waals surface area (Å²) < 4.78 is 5.77. The third kappa shape index (κ3) is 2.54. The first-order valence-corrected chi connectivity index (χ1v) is 7.68. The van der Waals surface area contributed by atoms with E-state index in [1.807, 2.05) is 24.3 Å². The standard InChI is InChI=1S/C17H23NO2/c1-11-7-8-13(9-12(11)2)20-17(19)15-10-18-16-6-4-3-5-14(15)16/h3-6,11-13,15,18H,7-10H2,1-2H3. The van der Waals surface area contributed by atoms with Gasteiger partial charge in [-0.05, 0) is 42.7 Å². The van der Waals surface area contributed by atoms with Crippen LogP contribution < -0.4 is 5.32 Å². The molecule has 0 radical (unpaired) electrons. The van der Waals surface area contributed by atoms with E-state index < -0.39 is 0 Å². The molecular formula is C17H23NO2. The molecule has 3 heteroatoms. The summed E-state index contributed by atoms with van der Waals surface area (Å²) >= 11 is 0. The minimum atomic E-state index is -0.138. The van der Waals surface area contributed by atoms with Crippen LogP contribution in [0.25, 0.3) is 0 Å². The van der Waals surface area contributed by atoms with Crippen molar-refractivity contribution in [2.24, 2.45) is 11.8 Å². The normalized spacial score (nSPS) is 32.3. The monoisotopic (exact) mass is 273 g/mol. The highest BCUT2D eigenvalue weighted by Crippen LogP contribution is 2.35. The number of nitrogens with one attached hydrogen (secondary N) is 1. The highest BCUT2D eigenvalue weighted by Gasteiger charge is 2.33. The number of esters is 1. The maximum Gasteiger partial charge on any atom is 0.315 e. The van der Waals surface area contributed by atoms with Crippen molar-refractivity contribution < 1.29 is 9.53 Å². The maximum atomic E-state index is 12.4. The maximum absolute atomic E-state index is 12.4. The van der Waals surface area contributed by atoms with Gasteiger partial charge in [-0.15, -0.1) is 0 Å². The number of fused-ring (bicyclic) bond motifs is 1. The Morgan fingerprint density at radius 1 is 1.20 bits per heavy atom. The van der Waals surface area contributed by atoms with E-state index in [1.165, 1.54) is 6.42 Å². The second-order valence-electron chi connectivity index (χ2n) is 6.35. The van der Waals surface area contributed by atoms with Gasteiger partial charge in [-0.1, -0.05) is 32.0 Å². The molecule has 0 saturated heterocycles. The molecule has 0 aromatic heterocycles. The van der Waals surface area contributed by atoms with Crippen LogP contribution in [0.4, 0.5) is 5.69 Å². The minimum Gasteiger partial charge on any atom is -0.462 e. The zero-order valence-corrected chi connectivity index (χ0v) is 12.3. The number of benzene rings is 1.